The van der Waals surface area contributed by atoms with Gasteiger partial charge in [-0.15, -0.1) is 0 Å². The highest BCUT2D eigenvalue weighted by Gasteiger charge is 2.02. The van der Waals surface area contributed by atoms with E-state index in [1.807, 2.05) is 6.07 Å². The number of rotatable bonds is 10. The van der Waals surface area contributed by atoms with Crippen molar-refractivity contribution in [1.29, 1.82) is 0 Å². The van der Waals surface area contributed by atoms with Crippen LogP contribution in [-0.2, 0) is 9.47 Å². The van der Waals surface area contributed by atoms with Gasteiger partial charge < -0.3 is 20.5 Å². The quantitative estimate of drug-likeness (QED) is 0.618. The molecule has 1 aromatic heterocycles. The Hall–Kier alpha value is -1.66. The summed E-state index contributed by atoms with van der Waals surface area (Å²) in [6.07, 6.45) is 3.53. The lowest BCUT2D eigenvalue weighted by atomic mass is 10.3. The molecule has 0 aliphatic heterocycles. The molecule has 1 rings (SSSR count). The molecule has 0 saturated carbocycles. The maximum absolute atomic E-state index is 11.0. The molecule has 106 valence electrons. The predicted molar refractivity (Wildman–Crippen MR) is 73.2 cm³/mol. The number of unbranched alkanes of at least 4 members (excludes halogenated alkanes) is 1. The lowest BCUT2D eigenvalue weighted by Crippen LogP contribution is -2.13. The molecule has 19 heavy (non-hydrogen) atoms. The van der Waals surface area contributed by atoms with E-state index in [1.54, 1.807) is 19.4 Å². The molecule has 0 aliphatic rings. The minimum absolute atomic E-state index is 0.271. The van der Waals surface area contributed by atoms with E-state index < -0.39 is 5.91 Å². The summed E-state index contributed by atoms with van der Waals surface area (Å²) in [6.45, 7) is 2.81. The van der Waals surface area contributed by atoms with Crippen molar-refractivity contribution in [1.82, 2.24) is 4.98 Å². The standard InChI is InChI=1S/C13H21N3O3/c1-18-8-9-19-7-3-2-5-15-11-4-6-16-12(10-11)13(14)17/h4,6,10H,2-3,5,7-9H2,1H3,(H2,14,17)(H,15,16). The van der Waals surface area contributed by atoms with Crippen LogP contribution in [0.15, 0.2) is 18.3 Å². The van der Waals surface area contributed by atoms with Gasteiger partial charge in [-0.3, -0.25) is 9.78 Å². The Balaban J connectivity index is 2.12. The number of ether oxygens (including phenoxy) is 2. The van der Waals surface area contributed by atoms with Crippen LogP contribution >= 0.6 is 0 Å². The van der Waals surface area contributed by atoms with Gasteiger partial charge in [0, 0.05) is 32.1 Å². The smallest absolute Gasteiger partial charge is 0.267 e. The minimum Gasteiger partial charge on any atom is -0.385 e. The Morgan fingerprint density at radius 3 is 2.95 bits per heavy atom. The van der Waals surface area contributed by atoms with Crippen LogP contribution in [-0.4, -0.2) is 44.4 Å². The predicted octanol–water partition coefficient (Wildman–Crippen LogP) is 1.04. The van der Waals surface area contributed by atoms with Crippen LogP contribution < -0.4 is 11.1 Å². The SMILES string of the molecule is COCCOCCCCNc1ccnc(C(N)=O)c1. The molecular formula is C13H21N3O3. The first-order chi connectivity index (χ1) is 9.24. The lowest BCUT2D eigenvalue weighted by Gasteiger charge is -2.07. The van der Waals surface area contributed by atoms with E-state index >= 15 is 0 Å². The summed E-state index contributed by atoms with van der Waals surface area (Å²) in [4.78, 5) is 14.8. The third-order valence-corrected chi connectivity index (χ3v) is 2.49. The summed E-state index contributed by atoms with van der Waals surface area (Å²) in [5.41, 5.74) is 6.28. The van der Waals surface area contributed by atoms with Gasteiger partial charge in [-0.25, -0.2) is 0 Å². The zero-order valence-corrected chi connectivity index (χ0v) is 11.2. The molecule has 1 heterocycles. The third kappa shape index (κ3) is 6.73. The number of nitrogens with one attached hydrogen (secondary N) is 1. The Kier molecular flexibility index (Phi) is 7.53. The Labute approximate surface area is 113 Å². The molecular weight excluding hydrogens is 246 g/mol. The van der Waals surface area contributed by atoms with Crippen LogP contribution in [0.2, 0.25) is 0 Å². The second-order valence-electron chi connectivity index (χ2n) is 4.03. The summed E-state index contributed by atoms with van der Waals surface area (Å²) in [7, 11) is 1.66. The average Bonchev–Trinajstić information content (AvgIpc) is 2.42. The number of anilines is 1. The zero-order valence-electron chi connectivity index (χ0n) is 11.2. The highest BCUT2D eigenvalue weighted by molar-refractivity contribution is 5.91. The van der Waals surface area contributed by atoms with E-state index in [2.05, 4.69) is 10.3 Å². The van der Waals surface area contributed by atoms with Crippen molar-refractivity contribution in [3.8, 4) is 0 Å². The van der Waals surface area contributed by atoms with Crippen LogP contribution in [0, 0.1) is 0 Å². The molecule has 1 aromatic rings. The largest absolute Gasteiger partial charge is 0.385 e. The number of hydrogen-bond donors (Lipinski definition) is 2. The molecule has 0 saturated heterocycles. The summed E-state index contributed by atoms with van der Waals surface area (Å²) < 4.78 is 10.2. The maximum Gasteiger partial charge on any atom is 0.267 e. The van der Waals surface area contributed by atoms with E-state index in [1.165, 1.54) is 0 Å². The Bertz CT molecular complexity index is 385. The Morgan fingerprint density at radius 2 is 2.21 bits per heavy atom. The number of nitrogens with two attached hydrogens (primary N) is 1. The van der Waals surface area contributed by atoms with Crippen LogP contribution in [0.3, 0.4) is 0 Å². The van der Waals surface area contributed by atoms with Crippen LogP contribution in [0.25, 0.3) is 0 Å². The molecule has 0 spiro atoms. The number of pyridine rings is 1. The molecule has 3 N–H and O–H groups in total. The fourth-order valence-electron chi connectivity index (χ4n) is 1.48. The number of methoxy groups -OCH3 is 1. The van der Waals surface area contributed by atoms with Crippen molar-refractivity contribution in [3.05, 3.63) is 24.0 Å². The van der Waals surface area contributed by atoms with E-state index in [4.69, 9.17) is 15.2 Å². The van der Waals surface area contributed by atoms with Gasteiger partial charge in [-0.1, -0.05) is 0 Å². The van der Waals surface area contributed by atoms with E-state index in [-0.39, 0.29) is 5.69 Å². The number of primary amides is 1. The summed E-state index contributed by atoms with van der Waals surface area (Å²) >= 11 is 0. The first-order valence-corrected chi connectivity index (χ1v) is 6.30. The van der Waals surface area contributed by atoms with Gasteiger partial charge in [-0.2, -0.15) is 0 Å². The molecule has 0 unspecified atom stereocenters. The van der Waals surface area contributed by atoms with Crippen molar-refractivity contribution in [2.24, 2.45) is 5.73 Å². The molecule has 0 atom stereocenters. The number of amides is 1. The summed E-state index contributed by atoms with van der Waals surface area (Å²) in [5, 5.41) is 3.21. The van der Waals surface area contributed by atoms with Gasteiger partial charge in [0.15, 0.2) is 0 Å². The maximum atomic E-state index is 11.0. The highest BCUT2D eigenvalue weighted by Crippen LogP contribution is 2.07. The Morgan fingerprint density at radius 1 is 1.37 bits per heavy atom. The van der Waals surface area contributed by atoms with Gasteiger partial charge >= 0.3 is 0 Å². The molecule has 0 bridgehead atoms. The number of carbonyl (C=O) groups excluding carboxylic acids is 1. The monoisotopic (exact) mass is 267 g/mol. The lowest BCUT2D eigenvalue weighted by molar-refractivity contribution is 0.0691. The van der Waals surface area contributed by atoms with Crippen molar-refractivity contribution in [2.75, 3.05) is 38.8 Å². The van der Waals surface area contributed by atoms with Gasteiger partial charge in [-0.05, 0) is 25.0 Å². The van der Waals surface area contributed by atoms with Gasteiger partial charge in [0.1, 0.15) is 5.69 Å². The van der Waals surface area contributed by atoms with Gasteiger partial charge in [0.05, 0.1) is 13.2 Å². The molecule has 6 nitrogen and oxygen atoms in total. The first-order valence-electron chi connectivity index (χ1n) is 6.30. The molecule has 0 fully saturated rings. The van der Waals surface area contributed by atoms with E-state index in [0.717, 1.165) is 31.7 Å². The summed E-state index contributed by atoms with van der Waals surface area (Å²) in [6, 6.07) is 3.46. The number of hydrogen-bond acceptors (Lipinski definition) is 5. The molecule has 0 radical (unpaired) electrons. The number of carbonyl (C=O) groups is 1. The van der Waals surface area contributed by atoms with Crippen molar-refractivity contribution in [3.63, 3.8) is 0 Å². The zero-order chi connectivity index (χ0) is 13.9. The average molecular weight is 267 g/mol. The van der Waals surface area contributed by atoms with E-state index in [9.17, 15) is 4.79 Å². The normalized spacial score (nSPS) is 10.4. The fraction of sp³-hybridized carbons (Fsp3) is 0.538. The van der Waals surface area contributed by atoms with Crippen LogP contribution in [0.4, 0.5) is 5.69 Å². The molecule has 0 aliphatic carbocycles. The fourth-order valence-corrected chi connectivity index (χ4v) is 1.48. The second-order valence-corrected chi connectivity index (χ2v) is 4.03. The number of nitrogens with zero attached hydrogens (tertiary/aromatic N) is 1. The molecule has 1 amide bonds. The summed E-state index contributed by atoms with van der Waals surface area (Å²) in [5.74, 6) is -0.518. The minimum atomic E-state index is -0.518. The highest BCUT2D eigenvalue weighted by atomic mass is 16.5. The molecule has 6 heteroatoms. The molecule has 0 aromatic carbocycles. The van der Waals surface area contributed by atoms with Crippen LogP contribution in [0.5, 0.6) is 0 Å². The topological polar surface area (TPSA) is 86.5 Å². The third-order valence-electron chi connectivity index (χ3n) is 2.49. The van der Waals surface area contributed by atoms with Crippen molar-refractivity contribution in [2.45, 2.75) is 12.8 Å². The van der Waals surface area contributed by atoms with Crippen molar-refractivity contribution >= 4 is 11.6 Å². The van der Waals surface area contributed by atoms with Crippen molar-refractivity contribution < 1.29 is 14.3 Å². The first kappa shape index (κ1) is 15.4. The van der Waals surface area contributed by atoms with E-state index in [0.29, 0.717) is 13.2 Å². The van der Waals surface area contributed by atoms with Gasteiger partial charge in [0.2, 0.25) is 0 Å². The van der Waals surface area contributed by atoms with Crippen LogP contribution in [0.1, 0.15) is 23.3 Å². The van der Waals surface area contributed by atoms with Gasteiger partial charge in [0.25, 0.3) is 5.91 Å². The second kappa shape index (κ2) is 9.29. The number of aromatic nitrogens is 1.